The van der Waals surface area contributed by atoms with Crippen LogP contribution in [0.4, 0.5) is 0 Å². The third-order valence-corrected chi connectivity index (χ3v) is 11.3. The van der Waals surface area contributed by atoms with E-state index in [2.05, 4.69) is 13.8 Å². The zero-order valence-corrected chi connectivity index (χ0v) is 24.1. The number of carbonyl (C=O) groups is 4. The van der Waals surface area contributed by atoms with Crippen molar-refractivity contribution in [1.82, 2.24) is 0 Å². The first-order valence-electron chi connectivity index (χ1n) is 14.1. The van der Waals surface area contributed by atoms with E-state index in [-0.39, 0.29) is 18.3 Å². The number of hydrogen-bond donors (Lipinski definition) is 0. The van der Waals surface area contributed by atoms with Gasteiger partial charge < -0.3 is 28.1 Å². The van der Waals surface area contributed by atoms with Gasteiger partial charge in [0.15, 0.2) is 6.10 Å². The van der Waals surface area contributed by atoms with Crippen molar-refractivity contribution < 1.29 is 47.3 Å². The summed E-state index contributed by atoms with van der Waals surface area (Å²) < 4.78 is 36.0. The lowest BCUT2D eigenvalue weighted by atomic mass is 9.36. The van der Waals surface area contributed by atoms with Gasteiger partial charge in [0, 0.05) is 41.6 Å². The van der Waals surface area contributed by atoms with Crippen LogP contribution in [0.2, 0.25) is 0 Å². The summed E-state index contributed by atoms with van der Waals surface area (Å²) in [5, 5.41) is 0. The Morgan fingerprint density at radius 2 is 1.62 bits per heavy atom. The van der Waals surface area contributed by atoms with Crippen LogP contribution in [0.1, 0.15) is 85.8 Å². The molecule has 3 saturated heterocycles. The van der Waals surface area contributed by atoms with E-state index in [0.717, 1.165) is 5.56 Å². The van der Waals surface area contributed by atoms with Gasteiger partial charge in [-0.2, -0.15) is 0 Å². The SMILES string of the molecule is CC(=O)OC1CC(=O)OC(C)(C)[C@@H]2C[C@H](OC(C)=O)[C@]3(C)[C@H](CC[C@@]4(C)[C@H](c5ccoc5)OC(=O)[C@H]5O[C@@]534)[C@@]12C. The van der Waals surface area contributed by atoms with Gasteiger partial charge >= 0.3 is 23.9 Å². The third-order valence-electron chi connectivity index (χ3n) is 11.3. The molecule has 40 heavy (non-hydrogen) atoms. The number of hydrogen-bond acceptors (Lipinski definition) is 10. The molecule has 6 rings (SSSR count). The van der Waals surface area contributed by atoms with Crippen LogP contribution in [0, 0.1) is 28.1 Å². The summed E-state index contributed by atoms with van der Waals surface area (Å²) in [6, 6.07) is 1.79. The van der Waals surface area contributed by atoms with Gasteiger partial charge in [-0.1, -0.05) is 20.8 Å². The van der Waals surface area contributed by atoms with Gasteiger partial charge in [0.05, 0.1) is 18.9 Å². The Balaban J connectivity index is 1.57. The van der Waals surface area contributed by atoms with E-state index in [1.54, 1.807) is 18.6 Å². The molecule has 10 atom stereocenters. The molecule has 1 aromatic heterocycles. The van der Waals surface area contributed by atoms with E-state index >= 15 is 0 Å². The number of esters is 4. The lowest BCUT2D eigenvalue weighted by Gasteiger charge is -2.68. The maximum atomic E-state index is 13.4. The molecule has 0 bridgehead atoms. The molecule has 1 unspecified atom stereocenters. The summed E-state index contributed by atoms with van der Waals surface area (Å²) in [4.78, 5) is 51.5. The Morgan fingerprint density at radius 1 is 0.950 bits per heavy atom. The highest BCUT2D eigenvalue weighted by molar-refractivity contribution is 5.82. The van der Waals surface area contributed by atoms with Gasteiger partial charge in [-0.15, -0.1) is 0 Å². The number of rotatable bonds is 3. The van der Waals surface area contributed by atoms with E-state index in [9.17, 15) is 19.2 Å². The second-order valence-electron chi connectivity index (χ2n) is 13.5. The monoisotopic (exact) mass is 558 g/mol. The fourth-order valence-electron chi connectivity index (χ4n) is 9.88. The smallest absolute Gasteiger partial charge is 0.339 e. The van der Waals surface area contributed by atoms with Crippen LogP contribution in [0.25, 0.3) is 0 Å². The van der Waals surface area contributed by atoms with Gasteiger partial charge in [0.25, 0.3) is 0 Å². The van der Waals surface area contributed by atoms with Crippen LogP contribution in [-0.2, 0) is 42.9 Å². The molecule has 1 aromatic rings. The molecule has 218 valence electrons. The molecule has 10 heteroatoms. The number of ether oxygens (including phenoxy) is 5. The second-order valence-corrected chi connectivity index (χ2v) is 13.5. The molecule has 4 heterocycles. The fraction of sp³-hybridized carbons (Fsp3) is 0.733. The fourth-order valence-corrected chi connectivity index (χ4v) is 9.88. The van der Waals surface area contributed by atoms with Crippen molar-refractivity contribution in [3.63, 3.8) is 0 Å². The zero-order valence-electron chi connectivity index (χ0n) is 24.1. The van der Waals surface area contributed by atoms with E-state index in [1.807, 2.05) is 20.8 Å². The summed E-state index contributed by atoms with van der Waals surface area (Å²) in [5.41, 5.74) is -3.57. The minimum Gasteiger partial charge on any atom is -0.472 e. The molecule has 0 N–H and O–H groups in total. The average Bonchev–Trinajstić information content (AvgIpc) is 3.42. The van der Waals surface area contributed by atoms with Crippen LogP contribution in [0.15, 0.2) is 23.0 Å². The first-order chi connectivity index (χ1) is 18.6. The minimum atomic E-state index is -1.03. The standard InChI is InChI=1S/C30H38O10/c1-15(31)36-20-13-22(33)39-26(3,4)19-12-21(37-16(2)32)29(7)18(28(19,20)6)8-10-27(5)23(17-9-11-35-14-17)38-25(34)24-30(27,29)40-24/h9,11,14,18-21,23-24H,8,10,12-13H2,1-7H3/t18-,19+,20?,21+,23+,24-,27+,28-,29+,30-/m1/s1. The molecule has 5 aliphatic rings. The van der Waals surface area contributed by atoms with Crippen LogP contribution >= 0.6 is 0 Å². The Bertz CT molecular complexity index is 1270. The Morgan fingerprint density at radius 3 is 2.25 bits per heavy atom. The Kier molecular flexibility index (Phi) is 5.69. The normalized spacial score (nSPS) is 46.7. The molecule has 0 amide bonds. The largest absolute Gasteiger partial charge is 0.472 e. The molecule has 3 aliphatic heterocycles. The summed E-state index contributed by atoms with van der Waals surface area (Å²) in [6.07, 6.45) is 1.72. The highest BCUT2D eigenvalue weighted by Crippen LogP contribution is 2.79. The van der Waals surface area contributed by atoms with Gasteiger partial charge in [-0.3, -0.25) is 14.4 Å². The van der Waals surface area contributed by atoms with Gasteiger partial charge in [0.1, 0.15) is 29.5 Å². The summed E-state index contributed by atoms with van der Waals surface area (Å²) in [7, 11) is 0. The number of epoxide rings is 1. The van der Waals surface area contributed by atoms with Gasteiger partial charge in [-0.05, 0) is 45.1 Å². The van der Waals surface area contributed by atoms with Crippen molar-refractivity contribution >= 4 is 23.9 Å². The highest BCUT2D eigenvalue weighted by Gasteiger charge is 2.89. The highest BCUT2D eigenvalue weighted by atomic mass is 16.7. The molecular formula is C30H38O10. The Hall–Kier alpha value is -2.88. The Labute approximate surface area is 233 Å². The molecule has 1 spiro atoms. The number of fused-ring (bicyclic) bond motifs is 3. The van der Waals surface area contributed by atoms with Crippen molar-refractivity contribution in [1.29, 1.82) is 0 Å². The number of furan rings is 1. The molecule has 0 aromatic carbocycles. The summed E-state index contributed by atoms with van der Waals surface area (Å²) >= 11 is 0. The number of cyclic esters (lactones) is 2. The molecule has 5 fully saturated rings. The molecule has 2 aliphatic carbocycles. The van der Waals surface area contributed by atoms with Crippen molar-refractivity contribution in [3.8, 4) is 0 Å². The lowest BCUT2D eigenvalue weighted by molar-refractivity contribution is -0.277. The van der Waals surface area contributed by atoms with E-state index < -0.39 is 75.7 Å². The van der Waals surface area contributed by atoms with Crippen LogP contribution < -0.4 is 0 Å². The number of carbonyl (C=O) groups excluding carboxylic acids is 4. The summed E-state index contributed by atoms with van der Waals surface area (Å²) in [5.74, 6) is -2.43. The molecular weight excluding hydrogens is 520 g/mol. The van der Waals surface area contributed by atoms with Crippen molar-refractivity contribution in [2.45, 2.75) is 110 Å². The third kappa shape index (κ3) is 3.25. The van der Waals surface area contributed by atoms with Gasteiger partial charge in [0.2, 0.25) is 0 Å². The van der Waals surface area contributed by atoms with Crippen LogP contribution in [0.3, 0.4) is 0 Å². The maximum Gasteiger partial charge on any atom is 0.339 e. The topological polar surface area (TPSA) is 131 Å². The first kappa shape index (κ1) is 27.3. The molecule has 2 saturated carbocycles. The van der Waals surface area contributed by atoms with Crippen molar-refractivity contribution in [2.75, 3.05) is 0 Å². The second kappa shape index (κ2) is 8.33. The quantitative estimate of drug-likeness (QED) is 0.304. The van der Waals surface area contributed by atoms with E-state index in [0.29, 0.717) is 19.3 Å². The minimum absolute atomic E-state index is 0.0882. The van der Waals surface area contributed by atoms with Crippen LogP contribution in [0.5, 0.6) is 0 Å². The molecule has 0 radical (unpaired) electrons. The maximum absolute atomic E-state index is 13.4. The summed E-state index contributed by atoms with van der Waals surface area (Å²) in [6.45, 7) is 12.6. The van der Waals surface area contributed by atoms with E-state index in [4.69, 9.17) is 28.1 Å². The lowest BCUT2D eigenvalue weighted by Crippen LogP contribution is -2.74. The predicted octanol–water partition coefficient (Wildman–Crippen LogP) is 4.05. The van der Waals surface area contributed by atoms with Crippen LogP contribution in [-0.4, -0.2) is 53.4 Å². The first-order valence-corrected chi connectivity index (χ1v) is 14.1. The van der Waals surface area contributed by atoms with Crippen molar-refractivity contribution in [2.24, 2.45) is 28.1 Å². The predicted molar refractivity (Wildman–Crippen MR) is 136 cm³/mol. The zero-order chi connectivity index (χ0) is 29.0. The average molecular weight is 559 g/mol. The van der Waals surface area contributed by atoms with Gasteiger partial charge in [-0.25, -0.2) is 4.79 Å². The molecule has 10 nitrogen and oxygen atoms in total. The van der Waals surface area contributed by atoms with E-state index in [1.165, 1.54) is 13.8 Å². The van der Waals surface area contributed by atoms with Crippen molar-refractivity contribution in [3.05, 3.63) is 24.2 Å².